The van der Waals surface area contributed by atoms with Crippen LogP contribution in [0.4, 0.5) is 0 Å². The van der Waals surface area contributed by atoms with Gasteiger partial charge in [-0.1, -0.05) is 51.1 Å². The smallest absolute Gasteiger partial charge is 0.309 e. The SMILES string of the molecule is CCC(=O)O[C@@H]1CC(=O)O[C@H](C)CCN(CCCCc2ccccc2)C[C@H](OC(C)=O)[C@H](C)C[C@H](CC=O)[C@H](O[C@@H]2O[C@H](C)[C@@H](O[C@H]3C[C@@](C)(OC(C)=O)[C@@H](OC(=O)CC)[C@H](C)O3)[C@H](N(C)C)[C@H]2O)[C@H]1OC. The molecule has 3 aliphatic rings. The highest BCUT2D eigenvalue weighted by Crippen LogP contribution is 2.39. The van der Waals surface area contributed by atoms with Crippen molar-refractivity contribution in [2.24, 2.45) is 11.8 Å². The van der Waals surface area contributed by atoms with Crippen molar-refractivity contribution in [3.05, 3.63) is 35.9 Å². The van der Waals surface area contributed by atoms with E-state index >= 15 is 0 Å². The molecular weight excluding hydrogens is 937 g/mol. The first-order valence-corrected chi connectivity index (χ1v) is 25.8. The van der Waals surface area contributed by atoms with Crippen LogP contribution in [0.25, 0.3) is 0 Å². The summed E-state index contributed by atoms with van der Waals surface area (Å²) in [5, 5.41) is 12.4. The standard InChI is InChI=1S/C53H84N2O17/c1-13-42(59)68-40-29-44(61)64-33(4)23-26-55(25-19-18-22-38-20-16-15-17-21-38)31-41(67-36(7)57)32(3)28-39(24-27-56)49(50(40)63-12)71-52-47(62)46(54(10)11)48(34(5)66-52)70-45-30-53(9,72-37(8)58)51(35(6)65-45)69-43(60)14-2/h15-17,20-21,27,32-35,39-41,45-52,62H,13-14,18-19,22-26,28-31H2,1-12H3/t32-,33-,34-,35+,39+,40-,41+,45+,46-,47-,48-,49+,50+,51+,52+,53-/m1/s1. The summed E-state index contributed by atoms with van der Waals surface area (Å²) in [6, 6.07) is 9.40. The fourth-order valence-electron chi connectivity index (χ4n) is 10.3. The Morgan fingerprint density at radius 3 is 2.17 bits per heavy atom. The molecule has 3 fully saturated rings. The third-order valence-corrected chi connectivity index (χ3v) is 13.9. The third-order valence-electron chi connectivity index (χ3n) is 13.9. The van der Waals surface area contributed by atoms with E-state index in [1.807, 2.05) is 25.1 Å². The van der Waals surface area contributed by atoms with E-state index in [-0.39, 0.29) is 38.0 Å². The largest absolute Gasteiger partial charge is 0.463 e. The summed E-state index contributed by atoms with van der Waals surface area (Å²) >= 11 is 0. The number of aryl methyl sites for hydroxylation is 1. The summed E-state index contributed by atoms with van der Waals surface area (Å²) in [6.07, 6.45) is -8.51. The topological polar surface area (TPSA) is 221 Å². The van der Waals surface area contributed by atoms with Crippen molar-refractivity contribution in [1.29, 1.82) is 0 Å². The monoisotopic (exact) mass is 1020 g/mol. The molecule has 3 heterocycles. The number of ether oxygens (including phenoxy) is 10. The van der Waals surface area contributed by atoms with E-state index in [1.165, 1.54) is 26.5 Å². The molecule has 1 N–H and O–H groups in total. The van der Waals surface area contributed by atoms with Crippen molar-refractivity contribution >= 4 is 36.1 Å². The van der Waals surface area contributed by atoms with Gasteiger partial charge in [0.25, 0.3) is 0 Å². The van der Waals surface area contributed by atoms with Gasteiger partial charge in [-0.15, -0.1) is 0 Å². The van der Waals surface area contributed by atoms with Crippen LogP contribution >= 0.6 is 0 Å². The number of rotatable bonds is 19. The number of hydrogen-bond donors (Lipinski definition) is 1. The zero-order valence-electron chi connectivity index (χ0n) is 44.7. The summed E-state index contributed by atoms with van der Waals surface area (Å²) in [6.45, 7) is 16.3. The van der Waals surface area contributed by atoms with E-state index in [9.17, 15) is 33.9 Å². The second kappa shape index (κ2) is 29.1. The molecule has 0 radical (unpaired) electrons. The van der Waals surface area contributed by atoms with E-state index in [4.69, 9.17) is 47.4 Å². The Bertz CT molecular complexity index is 1870. The molecule has 72 heavy (non-hydrogen) atoms. The van der Waals surface area contributed by atoms with Gasteiger partial charge in [0.05, 0.1) is 30.8 Å². The molecule has 0 aliphatic carbocycles. The van der Waals surface area contributed by atoms with E-state index in [1.54, 1.807) is 60.5 Å². The minimum Gasteiger partial charge on any atom is -0.463 e. The number of unbranched alkanes of at least 4 members (excludes halogenated alkanes) is 1. The number of cyclic esters (lactones) is 1. The molecule has 0 aromatic heterocycles. The quantitative estimate of drug-likeness (QED) is 0.0822. The Labute approximate surface area is 426 Å². The molecular formula is C53H84N2O17. The van der Waals surface area contributed by atoms with Crippen LogP contribution in [0.1, 0.15) is 126 Å². The van der Waals surface area contributed by atoms with Crippen LogP contribution < -0.4 is 0 Å². The Morgan fingerprint density at radius 1 is 0.875 bits per heavy atom. The first-order chi connectivity index (χ1) is 34.1. The average molecular weight is 1020 g/mol. The van der Waals surface area contributed by atoms with Crippen molar-refractivity contribution in [3.63, 3.8) is 0 Å². The van der Waals surface area contributed by atoms with E-state index in [0.29, 0.717) is 26.1 Å². The van der Waals surface area contributed by atoms with Gasteiger partial charge in [0, 0.05) is 59.7 Å². The van der Waals surface area contributed by atoms with Crippen LogP contribution in [-0.4, -0.2) is 177 Å². The average Bonchev–Trinajstić information content (AvgIpc) is 3.30. The Hall–Kier alpha value is -4.08. The number of methoxy groups -OCH3 is 1. The van der Waals surface area contributed by atoms with Crippen molar-refractivity contribution in [1.82, 2.24) is 9.80 Å². The number of carbonyl (C=O) groups excluding carboxylic acids is 6. The van der Waals surface area contributed by atoms with Gasteiger partial charge in [-0.05, 0) is 97.8 Å². The van der Waals surface area contributed by atoms with Crippen molar-refractivity contribution in [2.45, 2.75) is 212 Å². The van der Waals surface area contributed by atoms with E-state index in [0.717, 1.165) is 25.5 Å². The highest BCUT2D eigenvalue weighted by molar-refractivity contribution is 5.73. The highest BCUT2D eigenvalue weighted by atomic mass is 16.7. The van der Waals surface area contributed by atoms with E-state index < -0.39 is 127 Å². The van der Waals surface area contributed by atoms with Crippen LogP contribution in [-0.2, 0) is 82.6 Å². The lowest BCUT2D eigenvalue weighted by Gasteiger charge is -2.50. The molecule has 0 bridgehead atoms. The van der Waals surface area contributed by atoms with Crippen LogP contribution in [0.5, 0.6) is 0 Å². The summed E-state index contributed by atoms with van der Waals surface area (Å²) in [7, 11) is 4.88. The predicted octanol–water partition coefficient (Wildman–Crippen LogP) is 5.12. The summed E-state index contributed by atoms with van der Waals surface area (Å²) in [5.74, 6) is -3.94. The molecule has 1 aromatic rings. The summed E-state index contributed by atoms with van der Waals surface area (Å²) in [4.78, 5) is 81.4. The van der Waals surface area contributed by atoms with Gasteiger partial charge in [0.1, 0.15) is 42.9 Å². The van der Waals surface area contributed by atoms with Gasteiger partial charge < -0.3 is 62.2 Å². The normalized spacial score (nSPS) is 34.4. The van der Waals surface area contributed by atoms with Gasteiger partial charge >= 0.3 is 29.8 Å². The lowest BCUT2D eigenvalue weighted by Crippen LogP contribution is -2.66. The number of hydrogen-bond acceptors (Lipinski definition) is 19. The number of esters is 5. The van der Waals surface area contributed by atoms with E-state index in [2.05, 4.69) is 17.0 Å². The molecule has 4 rings (SSSR count). The maximum absolute atomic E-state index is 13.9. The minimum atomic E-state index is -1.45. The minimum absolute atomic E-state index is 0.0219. The molecule has 16 atom stereocenters. The van der Waals surface area contributed by atoms with Crippen molar-refractivity contribution in [3.8, 4) is 0 Å². The summed E-state index contributed by atoms with van der Waals surface area (Å²) in [5.41, 5.74) is -0.0957. The van der Waals surface area contributed by atoms with Gasteiger partial charge in [-0.3, -0.25) is 28.9 Å². The van der Waals surface area contributed by atoms with Gasteiger partial charge in [-0.25, -0.2) is 0 Å². The van der Waals surface area contributed by atoms with Gasteiger partial charge in [0.2, 0.25) is 0 Å². The predicted molar refractivity (Wildman–Crippen MR) is 262 cm³/mol. The molecule has 19 heteroatoms. The second-order valence-corrected chi connectivity index (χ2v) is 20.1. The molecule has 19 nitrogen and oxygen atoms in total. The lowest BCUT2D eigenvalue weighted by molar-refractivity contribution is -0.344. The number of nitrogens with zero attached hydrogens (tertiary/aromatic N) is 2. The van der Waals surface area contributed by atoms with Gasteiger partial charge in [0.15, 0.2) is 24.3 Å². The molecule has 0 unspecified atom stereocenters. The number of carbonyl (C=O) groups is 6. The molecule has 1 aromatic carbocycles. The maximum Gasteiger partial charge on any atom is 0.309 e. The van der Waals surface area contributed by atoms with Gasteiger partial charge in [-0.2, -0.15) is 0 Å². The summed E-state index contributed by atoms with van der Waals surface area (Å²) < 4.78 is 61.9. The fraction of sp³-hybridized carbons (Fsp3) is 0.774. The zero-order valence-corrected chi connectivity index (χ0v) is 44.7. The van der Waals surface area contributed by atoms with Crippen LogP contribution in [0.15, 0.2) is 30.3 Å². The van der Waals surface area contributed by atoms with Crippen LogP contribution in [0, 0.1) is 11.8 Å². The first kappa shape index (κ1) is 60.5. The Morgan fingerprint density at radius 2 is 1.56 bits per heavy atom. The molecule has 408 valence electrons. The molecule has 0 amide bonds. The number of aldehydes is 1. The Kier molecular flexibility index (Phi) is 24.5. The molecule has 0 spiro atoms. The fourth-order valence-corrected chi connectivity index (χ4v) is 10.3. The Balaban J connectivity index is 1.72. The van der Waals surface area contributed by atoms with Crippen LogP contribution in [0.2, 0.25) is 0 Å². The zero-order chi connectivity index (χ0) is 53.3. The number of likely N-dealkylation sites (N-methyl/N-ethyl adjacent to an activating group) is 1. The molecule has 0 saturated carbocycles. The molecule has 3 saturated heterocycles. The lowest BCUT2D eigenvalue weighted by atomic mass is 9.82. The van der Waals surface area contributed by atoms with Crippen LogP contribution in [0.3, 0.4) is 0 Å². The first-order valence-electron chi connectivity index (χ1n) is 25.8. The number of aliphatic hydroxyl groups excluding tert-OH is 1. The van der Waals surface area contributed by atoms with Crippen molar-refractivity contribution in [2.75, 3.05) is 40.8 Å². The molecule has 3 aliphatic heterocycles. The third kappa shape index (κ3) is 17.8. The highest BCUT2D eigenvalue weighted by Gasteiger charge is 2.54. The van der Waals surface area contributed by atoms with Crippen molar-refractivity contribution < 1.29 is 81.2 Å². The maximum atomic E-state index is 13.9. The second-order valence-electron chi connectivity index (χ2n) is 20.1. The number of benzene rings is 1. The number of aliphatic hydroxyl groups is 1.